The van der Waals surface area contributed by atoms with Gasteiger partial charge in [0.05, 0.1) is 6.10 Å². The minimum Gasteiger partial charge on any atom is -0.480 e. The molecule has 0 saturated carbocycles. The molecule has 1 heterocycles. The lowest BCUT2D eigenvalue weighted by Crippen LogP contribution is -2.48. The summed E-state index contributed by atoms with van der Waals surface area (Å²) in [5, 5.41) is 18.1. The monoisotopic (exact) mass is 219 g/mol. The number of carbonyl (C=O) groups is 1. The third-order valence-electron chi connectivity index (χ3n) is 2.36. The van der Waals surface area contributed by atoms with E-state index >= 15 is 0 Å². The van der Waals surface area contributed by atoms with Crippen molar-refractivity contribution in [2.45, 2.75) is 25.5 Å². The van der Waals surface area contributed by atoms with Gasteiger partial charge in [-0.15, -0.1) is 0 Å². The van der Waals surface area contributed by atoms with E-state index in [9.17, 15) is 4.79 Å². The van der Waals surface area contributed by atoms with Crippen LogP contribution in [0.2, 0.25) is 0 Å². The van der Waals surface area contributed by atoms with Gasteiger partial charge < -0.3 is 10.2 Å². The molecule has 1 fully saturated rings. The van der Waals surface area contributed by atoms with E-state index < -0.39 is 5.97 Å². The third kappa shape index (κ3) is 3.48. The van der Waals surface area contributed by atoms with Crippen LogP contribution in [0.25, 0.3) is 0 Å². The first kappa shape index (κ1) is 11.8. The van der Waals surface area contributed by atoms with Crippen molar-refractivity contribution in [1.82, 2.24) is 4.90 Å². The molecular weight excluding hydrogens is 202 g/mol. The molecule has 1 aliphatic rings. The molecule has 1 saturated heterocycles. The topological polar surface area (TPSA) is 60.8 Å². The summed E-state index contributed by atoms with van der Waals surface area (Å²) in [5.74, 6) is 0.904. The van der Waals surface area contributed by atoms with E-state index in [0.29, 0.717) is 18.7 Å². The molecule has 5 heteroatoms. The van der Waals surface area contributed by atoms with Crippen LogP contribution in [0.5, 0.6) is 0 Å². The lowest BCUT2D eigenvalue weighted by molar-refractivity contribution is -0.142. The fourth-order valence-corrected chi connectivity index (χ4v) is 2.59. The first-order chi connectivity index (χ1) is 6.61. The number of carboxylic acid groups (broad SMARTS) is 1. The Kier molecular flexibility index (Phi) is 4.71. The van der Waals surface area contributed by atoms with E-state index in [4.69, 9.17) is 10.2 Å². The van der Waals surface area contributed by atoms with Gasteiger partial charge in [-0.1, -0.05) is 0 Å². The molecular formula is C9H17NO3S. The zero-order valence-electron chi connectivity index (χ0n) is 8.35. The molecule has 1 aliphatic heterocycles. The standard InChI is InChI=1S/C9H17NO3S/c1-7(11)2-3-10-4-5-14-6-8(10)9(12)13/h7-8,11H,2-6H2,1H3,(H,12,13). The lowest BCUT2D eigenvalue weighted by atomic mass is 10.2. The Morgan fingerprint density at radius 2 is 2.43 bits per heavy atom. The molecule has 4 nitrogen and oxygen atoms in total. The van der Waals surface area contributed by atoms with Gasteiger partial charge in [0.15, 0.2) is 0 Å². The summed E-state index contributed by atoms with van der Waals surface area (Å²) < 4.78 is 0. The number of rotatable bonds is 4. The van der Waals surface area contributed by atoms with Gasteiger partial charge in [-0.3, -0.25) is 9.69 Å². The minimum absolute atomic E-state index is 0.348. The fraction of sp³-hybridized carbons (Fsp3) is 0.889. The van der Waals surface area contributed by atoms with E-state index in [1.807, 2.05) is 4.90 Å². The molecule has 14 heavy (non-hydrogen) atoms. The van der Waals surface area contributed by atoms with Crippen LogP contribution >= 0.6 is 11.8 Å². The normalized spacial score (nSPS) is 26.0. The van der Waals surface area contributed by atoms with Crippen molar-refractivity contribution in [3.8, 4) is 0 Å². The maximum absolute atomic E-state index is 10.9. The molecule has 2 unspecified atom stereocenters. The van der Waals surface area contributed by atoms with Crippen molar-refractivity contribution in [3.05, 3.63) is 0 Å². The molecule has 0 bridgehead atoms. The summed E-state index contributed by atoms with van der Waals surface area (Å²) in [6.07, 6.45) is 0.299. The number of carboxylic acids is 1. The average molecular weight is 219 g/mol. The maximum Gasteiger partial charge on any atom is 0.321 e. The van der Waals surface area contributed by atoms with Crippen molar-refractivity contribution >= 4 is 17.7 Å². The predicted molar refractivity (Wildman–Crippen MR) is 56.6 cm³/mol. The zero-order chi connectivity index (χ0) is 10.6. The Morgan fingerprint density at radius 3 is 3.00 bits per heavy atom. The highest BCUT2D eigenvalue weighted by Crippen LogP contribution is 2.17. The van der Waals surface area contributed by atoms with Gasteiger partial charge in [0.2, 0.25) is 0 Å². The van der Waals surface area contributed by atoms with Crippen molar-refractivity contribution in [2.75, 3.05) is 24.6 Å². The number of hydrogen-bond acceptors (Lipinski definition) is 4. The van der Waals surface area contributed by atoms with E-state index in [-0.39, 0.29) is 12.1 Å². The first-order valence-electron chi connectivity index (χ1n) is 4.84. The largest absolute Gasteiger partial charge is 0.480 e. The van der Waals surface area contributed by atoms with Gasteiger partial charge in [0, 0.05) is 24.6 Å². The number of thioether (sulfide) groups is 1. The Labute approximate surface area is 88.3 Å². The molecule has 0 aromatic rings. The number of nitrogens with zero attached hydrogens (tertiary/aromatic N) is 1. The summed E-state index contributed by atoms with van der Waals surface area (Å²) in [5.41, 5.74) is 0. The molecule has 0 aromatic carbocycles. The van der Waals surface area contributed by atoms with Crippen LogP contribution in [0, 0.1) is 0 Å². The molecule has 2 atom stereocenters. The van der Waals surface area contributed by atoms with Crippen LogP contribution in [0.3, 0.4) is 0 Å². The molecule has 82 valence electrons. The SMILES string of the molecule is CC(O)CCN1CCSCC1C(=O)O. The molecule has 0 spiro atoms. The highest BCUT2D eigenvalue weighted by molar-refractivity contribution is 7.99. The van der Waals surface area contributed by atoms with Gasteiger partial charge in [0.25, 0.3) is 0 Å². The van der Waals surface area contributed by atoms with Crippen molar-refractivity contribution < 1.29 is 15.0 Å². The van der Waals surface area contributed by atoms with Gasteiger partial charge in [-0.05, 0) is 13.3 Å². The van der Waals surface area contributed by atoms with E-state index in [1.165, 1.54) is 0 Å². The Morgan fingerprint density at radius 1 is 1.71 bits per heavy atom. The molecule has 0 radical (unpaired) electrons. The fourth-order valence-electron chi connectivity index (χ4n) is 1.49. The summed E-state index contributed by atoms with van der Waals surface area (Å²) in [7, 11) is 0. The second-order valence-electron chi connectivity index (χ2n) is 3.60. The van der Waals surface area contributed by atoms with Crippen LogP contribution in [0.4, 0.5) is 0 Å². The van der Waals surface area contributed by atoms with Crippen molar-refractivity contribution in [1.29, 1.82) is 0 Å². The minimum atomic E-state index is -0.747. The van der Waals surface area contributed by atoms with Crippen LogP contribution in [0.15, 0.2) is 0 Å². The Balaban J connectivity index is 2.42. The molecule has 1 rings (SSSR count). The number of aliphatic hydroxyl groups excluding tert-OH is 1. The Bertz CT molecular complexity index is 198. The molecule has 2 N–H and O–H groups in total. The van der Waals surface area contributed by atoms with Gasteiger partial charge in [-0.2, -0.15) is 11.8 Å². The van der Waals surface area contributed by atoms with Crippen LogP contribution < -0.4 is 0 Å². The zero-order valence-corrected chi connectivity index (χ0v) is 9.16. The smallest absolute Gasteiger partial charge is 0.321 e. The summed E-state index contributed by atoms with van der Waals surface area (Å²) in [6.45, 7) is 3.22. The van der Waals surface area contributed by atoms with Gasteiger partial charge in [-0.25, -0.2) is 0 Å². The second-order valence-corrected chi connectivity index (χ2v) is 4.75. The Hall–Kier alpha value is -0.260. The summed E-state index contributed by atoms with van der Waals surface area (Å²) >= 11 is 1.68. The highest BCUT2D eigenvalue weighted by atomic mass is 32.2. The summed E-state index contributed by atoms with van der Waals surface area (Å²) in [4.78, 5) is 12.8. The third-order valence-corrected chi connectivity index (χ3v) is 3.38. The lowest BCUT2D eigenvalue weighted by Gasteiger charge is -2.32. The number of aliphatic hydroxyl groups is 1. The molecule has 0 aromatic heterocycles. The van der Waals surface area contributed by atoms with Crippen molar-refractivity contribution in [2.24, 2.45) is 0 Å². The molecule has 0 amide bonds. The van der Waals surface area contributed by atoms with E-state index in [2.05, 4.69) is 0 Å². The molecule has 0 aliphatic carbocycles. The highest BCUT2D eigenvalue weighted by Gasteiger charge is 2.28. The quantitative estimate of drug-likeness (QED) is 0.710. The summed E-state index contributed by atoms with van der Waals surface area (Å²) in [6, 6.07) is -0.368. The number of aliphatic carboxylic acids is 1. The van der Waals surface area contributed by atoms with Gasteiger partial charge in [0.1, 0.15) is 6.04 Å². The first-order valence-corrected chi connectivity index (χ1v) is 5.99. The van der Waals surface area contributed by atoms with Crippen molar-refractivity contribution in [3.63, 3.8) is 0 Å². The second kappa shape index (κ2) is 5.58. The van der Waals surface area contributed by atoms with Crippen LogP contribution in [-0.2, 0) is 4.79 Å². The predicted octanol–water partition coefficient (Wildman–Crippen LogP) is 0.259. The van der Waals surface area contributed by atoms with E-state index in [1.54, 1.807) is 18.7 Å². The number of hydrogen-bond donors (Lipinski definition) is 2. The average Bonchev–Trinajstić information content (AvgIpc) is 2.15. The van der Waals surface area contributed by atoms with E-state index in [0.717, 1.165) is 12.3 Å². The van der Waals surface area contributed by atoms with Gasteiger partial charge >= 0.3 is 5.97 Å². The van der Waals surface area contributed by atoms with Crippen LogP contribution in [-0.4, -0.2) is 57.8 Å². The maximum atomic E-state index is 10.9. The van der Waals surface area contributed by atoms with Crippen LogP contribution in [0.1, 0.15) is 13.3 Å².